The molecule has 0 amide bonds. The molecule has 0 bridgehead atoms. The van der Waals surface area contributed by atoms with Crippen molar-refractivity contribution in [3.63, 3.8) is 0 Å². The summed E-state index contributed by atoms with van der Waals surface area (Å²) in [7, 11) is 0. The summed E-state index contributed by atoms with van der Waals surface area (Å²) in [6, 6.07) is 12.4. The maximum Gasteiger partial charge on any atom is 0.333 e. The molecule has 0 aliphatic carbocycles. The van der Waals surface area contributed by atoms with Gasteiger partial charge in [0, 0.05) is 12.2 Å². The Morgan fingerprint density at radius 1 is 1.07 bits per heavy atom. The first-order chi connectivity index (χ1) is 13.3. The number of hydrogen-bond donors (Lipinski definition) is 0. The number of rotatable bonds is 7. The molecule has 3 rings (SSSR count). The van der Waals surface area contributed by atoms with Crippen LogP contribution < -0.4 is 10.4 Å². The highest BCUT2D eigenvalue weighted by molar-refractivity contribution is 5.81. The molecule has 0 radical (unpaired) electrons. The lowest BCUT2D eigenvalue weighted by atomic mass is 10.0. The second-order valence-corrected chi connectivity index (χ2v) is 7.86. The Balaban J connectivity index is 1.75. The lowest BCUT2D eigenvalue weighted by Gasteiger charge is -2.09. The van der Waals surface area contributed by atoms with Crippen LogP contribution in [0.4, 0.5) is 0 Å². The summed E-state index contributed by atoms with van der Waals surface area (Å²) < 4.78 is 9.41. The van der Waals surface area contributed by atoms with Crippen LogP contribution in [0.3, 0.4) is 0 Å². The third-order valence-corrected chi connectivity index (χ3v) is 5.27. The molecule has 4 nitrogen and oxygen atoms in total. The molecule has 2 aromatic carbocycles. The number of aryl methyl sites for hydroxylation is 3. The first kappa shape index (κ1) is 20.0. The Bertz CT molecular complexity index is 1050. The first-order valence-corrected chi connectivity index (χ1v) is 9.90. The fourth-order valence-electron chi connectivity index (χ4n) is 3.45. The van der Waals surface area contributed by atoms with Crippen molar-refractivity contribution in [2.75, 3.05) is 6.61 Å². The molecule has 0 N–H and O–H groups in total. The quantitative estimate of drug-likeness (QED) is 0.509. The van der Waals surface area contributed by atoms with E-state index in [4.69, 9.17) is 4.74 Å². The van der Waals surface area contributed by atoms with E-state index in [1.54, 1.807) is 4.57 Å². The molecule has 1 aromatic heterocycles. The highest BCUT2D eigenvalue weighted by atomic mass is 16.5. The van der Waals surface area contributed by atoms with E-state index in [-0.39, 0.29) is 5.69 Å². The van der Waals surface area contributed by atoms with Crippen molar-refractivity contribution in [2.45, 2.75) is 53.5 Å². The van der Waals surface area contributed by atoms with Gasteiger partial charge in [-0.05, 0) is 74.1 Å². The van der Waals surface area contributed by atoms with Crippen LogP contribution in [0.25, 0.3) is 16.7 Å². The zero-order valence-electron chi connectivity index (χ0n) is 17.6. The van der Waals surface area contributed by atoms with Crippen LogP contribution in [0, 0.1) is 13.8 Å². The number of aromatic nitrogens is 2. The molecule has 0 saturated heterocycles. The maximum absolute atomic E-state index is 12.9. The second kappa shape index (κ2) is 8.09. The molecule has 0 fully saturated rings. The van der Waals surface area contributed by atoms with E-state index >= 15 is 0 Å². The highest BCUT2D eigenvalue weighted by Crippen LogP contribution is 2.22. The Hall–Kier alpha value is -2.75. The maximum atomic E-state index is 12.9. The predicted octanol–water partition coefficient (Wildman–Crippen LogP) is 5.50. The predicted molar refractivity (Wildman–Crippen MR) is 117 cm³/mol. The standard InChI is InChI=1S/C24H30N2O2/c1-16(2)20-8-10-21(11-9-20)28-13-7-12-25-22-14-18(5)19(6)15-23(22)26(17(3)4)24(25)27/h8-11,14-16H,3,7,12-13H2,1-2,4-6H3. The third kappa shape index (κ3) is 3.91. The van der Waals surface area contributed by atoms with E-state index in [2.05, 4.69) is 58.5 Å². The fourth-order valence-corrected chi connectivity index (χ4v) is 3.45. The average Bonchev–Trinajstić information content (AvgIpc) is 2.90. The lowest BCUT2D eigenvalue weighted by Crippen LogP contribution is -2.23. The van der Waals surface area contributed by atoms with Gasteiger partial charge < -0.3 is 4.74 Å². The van der Waals surface area contributed by atoms with Crippen LogP contribution in [0.1, 0.15) is 49.8 Å². The average molecular weight is 379 g/mol. The SMILES string of the molecule is C=C(C)n1c(=O)n(CCCOc2ccc(C(C)C)cc2)c2cc(C)c(C)cc21. The minimum atomic E-state index is -0.0335. The van der Waals surface area contributed by atoms with Crippen molar-refractivity contribution >= 4 is 16.7 Å². The molecular weight excluding hydrogens is 348 g/mol. The Morgan fingerprint density at radius 2 is 1.68 bits per heavy atom. The van der Waals surface area contributed by atoms with Crippen LogP contribution in [0.5, 0.6) is 5.75 Å². The second-order valence-electron chi connectivity index (χ2n) is 7.86. The van der Waals surface area contributed by atoms with Gasteiger partial charge in [-0.15, -0.1) is 0 Å². The molecule has 0 aliphatic rings. The van der Waals surface area contributed by atoms with Crippen LogP contribution >= 0.6 is 0 Å². The van der Waals surface area contributed by atoms with Crippen LogP contribution in [0.2, 0.25) is 0 Å². The molecular formula is C24H30N2O2. The normalized spacial score (nSPS) is 11.4. The highest BCUT2D eigenvalue weighted by Gasteiger charge is 2.14. The van der Waals surface area contributed by atoms with Gasteiger partial charge in [0.25, 0.3) is 0 Å². The molecule has 0 unspecified atom stereocenters. The summed E-state index contributed by atoms with van der Waals surface area (Å²) in [5.74, 6) is 1.38. The monoisotopic (exact) mass is 378 g/mol. The van der Waals surface area contributed by atoms with Gasteiger partial charge in [-0.3, -0.25) is 9.13 Å². The summed E-state index contributed by atoms with van der Waals surface area (Å²) in [4.78, 5) is 12.9. The van der Waals surface area contributed by atoms with E-state index in [9.17, 15) is 4.79 Å². The van der Waals surface area contributed by atoms with Crippen molar-refractivity contribution in [1.29, 1.82) is 0 Å². The van der Waals surface area contributed by atoms with E-state index in [1.807, 2.05) is 23.6 Å². The zero-order valence-corrected chi connectivity index (χ0v) is 17.6. The fraction of sp³-hybridized carbons (Fsp3) is 0.375. The zero-order chi connectivity index (χ0) is 20.4. The molecule has 4 heteroatoms. The van der Waals surface area contributed by atoms with Crippen LogP contribution in [-0.2, 0) is 6.54 Å². The van der Waals surface area contributed by atoms with Gasteiger partial charge in [0.05, 0.1) is 17.6 Å². The summed E-state index contributed by atoms with van der Waals surface area (Å²) in [5.41, 5.74) is 6.24. The van der Waals surface area contributed by atoms with Gasteiger partial charge in [-0.1, -0.05) is 32.6 Å². The number of allylic oxidation sites excluding steroid dienone is 1. The van der Waals surface area contributed by atoms with Crippen molar-refractivity contribution < 1.29 is 4.74 Å². The Labute approximate surface area is 167 Å². The minimum absolute atomic E-state index is 0.0335. The Morgan fingerprint density at radius 3 is 2.25 bits per heavy atom. The lowest BCUT2D eigenvalue weighted by molar-refractivity contribution is 0.301. The van der Waals surface area contributed by atoms with Crippen molar-refractivity contribution in [3.05, 3.63) is 70.2 Å². The molecule has 0 aliphatic heterocycles. The van der Waals surface area contributed by atoms with Gasteiger partial charge in [-0.25, -0.2) is 4.79 Å². The minimum Gasteiger partial charge on any atom is -0.494 e. The van der Waals surface area contributed by atoms with Gasteiger partial charge in [0.2, 0.25) is 0 Å². The number of benzene rings is 2. The molecule has 3 aromatic rings. The summed E-state index contributed by atoms with van der Waals surface area (Å²) in [6.45, 7) is 15.5. The smallest absolute Gasteiger partial charge is 0.333 e. The van der Waals surface area contributed by atoms with Crippen molar-refractivity contribution in [1.82, 2.24) is 9.13 Å². The molecule has 1 heterocycles. The molecule has 0 saturated carbocycles. The number of imidazole rings is 1. The number of nitrogens with zero attached hydrogens (tertiary/aromatic N) is 2. The van der Waals surface area contributed by atoms with Crippen LogP contribution in [0.15, 0.2) is 47.8 Å². The first-order valence-electron chi connectivity index (χ1n) is 9.90. The van der Waals surface area contributed by atoms with Gasteiger partial charge in [-0.2, -0.15) is 0 Å². The Kier molecular flexibility index (Phi) is 5.78. The van der Waals surface area contributed by atoms with Gasteiger partial charge in [0.15, 0.2) is 0 Å². The van der Waals surface area contributed by atoms with Crippen molar-refractivity contribution in [2.24, 2.45) is 0 Å². The van der Waals surface area contributed by atoms with Gasteiger partial charge in [0.1, 0.15) is 5.75 Å². The molecule has 28 heavy (non-hydrogen) atoms. The van der Waals surface area contributed by atoms with Crippen LogP contribution in [-0.4, -0.2) is 15.7 Å². The third-order valence-electron chi connectivity index (χ3n) is 5.27. The number of ether oxygens (including phenoxy) is 1. The van der Waals surface area contributed by atoms with E-state index in [0.29, 0.717) is 19.1 Å². The topological polar surface area (TPSA) is 36.2 Å². The number of fused-ring (bicyclic) bond motifs is 1. The summed E-state index contributed by atoms with van der Waals surface area (Å²) in [6.07, 6.45) is 0.758. The summed E-state index contributed by atoms with van der Waals surface area (Å²) in [5, 5.41) is 0. The molecule has 0 atom stereocenters. The van der Waals surface area contributed by atoms with Gasteiger partial charge >= 0.3 is 5.69 Å². The number of hydrogen-bond acceptors (Lipinski definition) is 2. The van der Waals surface area contributed by atoms with Crippen molar-refractivity contribution in [3.8, 4) is 5.75 Å². The molecule has 148 valence electrons. The summed E-state index contributed by atoms with van der Waals surface area (Å²) >= 11 is 0. The molecule has 0 spiro atoms. The van der Waals surface area contributed by atoms with E-state index < -0.39 is 0 Å². The largest absolute Gasteiger partial charge is 0.494 e. The van der Waals surface area contributed by atoms with E-state index in [0.717, 1.165) is 28.9 Å². The van der Waals surface area contributed by atoms with E-state index in [1.165, 1.54) is 16.7 Å².